The van der Waals surface area contributed by atoms with Crippen molar-refractivity contribution in [2.24, 2.45) is 0 Å². The summed E-state index contributed by atoms with van der Waals surface area (Å²) in [5.41, 5.74) is 0.271. The summed E-state index contributed by atoms with van der Waals surface area (Å²) in [6.45, 7) is 6.83. The first-order valence-electron chi connectivity index (χ1n) is 5.24. The maximum atomic E-state index is 9.09. The Kier molecular flexibility index (Phi) is 2.34. The van der Waals surface area contributed by atoms with Gasteiger partial charge in [0.15, 0.2) is 0 Å². The van der Waals surface area contributed by atoms with Gasteiger partial charge in [0, 0.05) is 30.7 Å². The van der Waals surface area contributed by atoms with E-state index in [2.05, 4.69) is 24.1 Å². The van der Waals surface area contributed by atoms with Crippen LogP contribution in [0.2, 0.25) is 0 Å². The standard InChI is InChI=1S/C10H20N2O/c1-10(2)7-11-8(6-13)5-12(10)9-3-4-9/h8-9,11,13H,3-7H2,1-2H3. The molecule has 2 aliphatic rings. The lowest BCUT2D eigenvalue weighted by atomic mass is 9.97. The number of nitrogens with one attached hydrogen (secondary N) is 1. The molecule has 1 saturated carbocycles. The Morgan fingerprint density at radius 3 is 2.69 bits per heavy atom. The highest BCUT2D eigenvalue weighted by molar-refractivity contribution is 4.99. The summed E-state index contributed by atoms with van der Waals surface area (Å²) in [4.78, 5) is 2.56. The fourth-order valence-electron chi connectivity index (χ4n) is 2.20. The van der Waals surface area contributed by atoms with E-state index in [9.17, 15) is 0 Å². The maximum absolute atomic E-state index is 9.09. The fourth-order valence-corrected chi connectivity index (χ4v) is 2.20. The highest BCUT2D eigenvalue weighted by atomic mass is 16.3. The third-order valence-electron chi connectivity index (χ3n) is 3.23. The summed E-state index contributed by atoms with van der Waals surface area (Å²) < 4.78 is 0. The van der Waals surface area contributed by atoms with Crippen LogP contribution < -0.4 is 5.32 Å². The lowest BCUT2D eigenvalue weighted by Gasteiger charge is -2.46. The molecule has 1 heterocycles. The normalized spacial score (nSPS) is 34.8. The Labute approximate surface area is 80.1 Å². The molecule has 1 aliphatic heterocycles. The van der Waals surface area contributed by atoms with Gasteiger partial charge in [-0.3, -0.25) is 4.90 Å². The van der Waals surface area contributed by atoms with Gasteiger partial charge in [-0.1, -0.05) is 0 Å². The molecule has 0 spiro atoms. The van der Waals surface area contributed by atoms with Crippen LogP contribution in [-0.4, -0.2) is 47.3 Å². The minimum atomic E-state index is 0.263. The van der Waals surface area contributed by atoms with Gasteiger partial charge in [-0.25, -0.2) is 0 Å². The zero-order valence-electron chi connectivity index (χ0n) is 8.58. The molecular weight excluding hydrogens is 164 g/mol. The molecule has 1 unspecified atom stereocenters. The van der Waals surface area contributed by atoms with Crippen LogP contribution in [0.5, 0.6) is 0 Å². The van der Waals surface area contributed by atoms with E-state index in [1.54, 1.807) is 0 Å². The molecule has 0 radical (unpaired) electrons. The Bertz CT molecular complexity index is 189. The van der Waals surface area contributed by atoms with Crippen molar-refractivity contribution in [2.45, 2.75) is 44.3 Å². The summed E-state index contributed by atoms with van der Waals surface area (Å²) in [5.74, 6) is 0. The second-order valence-electron chi connectivity index (χ2n) is 4.96. The molecule has 3 nitrogen and oxygen atoms in total. The molecule has 0 amide bonds. The highest BCUT2D eigenvalue weighted by Gasteiger charge is 2.41. The predicted molar refractivity (Wildman–Crippen MR) is 52.7 cm³/mol. The molecule has 0 bridgehead atoms. The predicted octanol–water partition coefficient (Wildman–Crippen LogP) is 0.194. The zero-order valence-corrected chi connectivity index (χ0v) is 8.58. The molecule has 2 rings (SSSR count). The van der Waals surface area contributed by atoms with Crippen molar-refractivity contribution in [3.63, 3.8) is 0 Å². The number of rotatable bonds is 2. The van der Waals surface area contributed by atoms with Crippen LogP contribution in [0.3, 0.4) is 0 Å². The largest absolute Gasteiger partial charge is 0.395 e. The Morgan fingerprint density at radius 2 is 2.15 bits per heavy atom. The summed E-state index contributed by atoms with van der Waals surface area (Å²) in [6.07, 6.45) is 2.70. The van der Waals surface area contributed by atoms with Crippen molar-refractivity contribution >= 4 is 0 Å². The highest BCUT2D eigenvalue weighted by Crippen LogP contribution is 2.34. The molecule has 0 aromatic rings. The number of aliphatic hydroxyl groups is 1. The Balaban J connectivity index is 2.01. The van der Waals surface area contributed by atoms with Gasteiger partial charge in [-0.15, -0.1) is 0 Å². The fraction of sp³-hybridized carbons (Fsp3) is 1.00. The first kappa shape index (κ1) is 9.44. The quantitative estimate of drug-likeness (QED) is 0.643. The van der Waals surface area contributed by atoms with Gasteiger partial charge in [-0.2, -0.15) is 0 Å². The van der Waals surface area contributed by atoms with Crippen molar-refractivity contribution in [2.75, 3.05) is 19.7 Å². The van der Waals surface area contributed by atoms with Crippen LogP contribution in [0.1, 0.15) is 26.7 Å². The number of piperazine rings is 1. The Morgan fingerprint density at radius 1 is 1.46 bits per heavy atom. The first-order chi connectivity index (χ1) is 6.13. The van der Waals surface area contributed by atoms with Crippen molar-refractivity contribution < 1.29 is 5.11 Å². The number of nitrogens with zero attached hydrogens (tertiary/aromatic N) is 1. The minimum absolute atomic E-state index is 0.263. The lowest BCUT2D eigenvalue weighted by Crippen LogP contribution is -2.63. The van der Waals surface area contributed by atoms with Gasteiger partial charge >= 0.3 is 0 Å². The van der Waals surface area contributed by atoms with Crippen LogP contribution in [0.15, 0.2) is 0 Å². The second-order valence-corrected chi connectivity index (χ2v) is 4.96. The number of hydrogen-bond donors (Lipinski definition) is 2. The van der Waals surface area contributed by atoms with Crippen LogP contribution >= 0.6 is 0 Å². The van der Waals surface area contributed by atoms with E-state index in [1.807, 2.05) is 0 Å². The molecule has 2 fully saturated rings. The Hall–Kier alpha value is -0.120. The molecule has 1 saturated heterocycles. The topological polar surface area (TPSA) is 35.5 Å². The lowest BCUT2D eigenvalue weighted by molar-refractivity contribution is 0.0422. The summed E-state index contributed by atoms with van der Waals surface area (Å²) in [5, 5.41) is 12.5. The van der Waals surface area contributed by atoms with Crippen molar-refractivity contribution in [3.05, 3.63) is 0 Å². The molecule has 1 atom stereocenters. The molecule has 2 N–H and O–H groups in total. The van der Waals surface area contributed by atoms with E-state index in [0.717, 1.165) is 19.1 Å². The van der Waals surface area contributed by atoms with Crippen molar-refractivity contribution in [1.29, 1.82) is 0 Å². The van der Waals surface area contributed by atoms with Crippen LogP contribution in [0.25, 0.3) is 0 Å². The SMILES string of the molecule is CC1(C)CNC(CO)CN1C1CC1. The van der Waals surface area contributed by atoms with Crippen LogP contribution in [0.4, 0.5) is 0 Å². The van der Waals surface area contributed by atoms with E-state index in [4.69, 9.17) is 5.11 Å². The van der Waals surface area contributed by atoms with Crippen molar-refractivity contribution in [3.8, 4) is 0 Å². The monoisotopic (exact) mass is 184 g/mol. The van der Waals surface area contributed by atoms with E-state index < -0.39 is 0 Å². The van der Waals surface area contributed by atoms with E-state index >= 15 is 0 Å². The van der Waals surface area contributed by atoms with Crippen molar-refractivity contribution in [1.82, 2.24) is 10.2 Å². The molecule has 76 valence electrons. The average Bonchev–Trinajstić information content (AvgIpc) is 2.87. The molecular formula is C10H20N2O. The number of aliphatic hydroxyl groups excluding tert-OH is 1. The summed E-state index contributed by atoms with van der Waals surface area (Å²) in [6, 6.07) is 1.08. The first-order valence-corrected chi connectivity index (χ1v) is 5.24. The third kappa shape index (κ3) is 1.87. The van der Waals surface area contributed by atoms with Gasteiger partial charge in [0.05, 0.1) is 6.61 Å². The molecule has 13 heavy (non-hydrogen) atoms. The van der Waals surface area contributed by atoms with E-state index in [-0.39, 0.29) is 18.2 Å². The van der Waals surface area contributed by atoms with E-state index in [0.29, 0.717) is 0 Å². The van der Waals surface area contributed by atoms with E-state index in [1.165, 1.54) is 12.8 Å². The summed E-state index contributed by atoms with van der Waals surface area (Å²) in [7, 11) is 0. The minimum Gasteiger partial charge on any atom is -0.395 e. The second kappa shape index (κ2) is 3.23. The summed E-state index contributed by atoms with van der Waals surface area (Å²) >= 11 is 0. The average molecular weight is 184 g/mol. The maximum Gasteiger partial charge on any atom is 0.0597 e. The van der Waals surface area contributed by atoms with Gasteiger partial charge in [0.25, 0.3) is 0 Å². The third-order valence-corrected chi connectivity index (χ3v) is 3.23. The molecule has 1 aliphatic carbocycles. The van der Waals surface area contributed by atoms with Gasteiger partial charge in [0.1, 0.15) is 0 Å². The number of hydrogen-bond acceptors (Lipinski definition) is 3. The van der Waals surface area contributed by atoms with Crippen LogP contribution in [-0.2, 0) is 0 Å². The molecule has 3 heteroatoms. The molecule has 0 aromatic carbocycles. The zero-order chi connectivity index (χ0) is 9.47. The van der Waals surface area contributed by atoms with Crippen LogP contribution in [0, 0.1) is 0 Å². The molecule has 0 aromatic heterocycles. The van der Waals surface area contributed by atoms with Gasteiger partial charge in [0.2, 0.25) is 0 Å². The van der Waals surface area contributed by atoms with Gasteiger partial charge < -0.3 is 10.4 Å². The smallest absolute Gasteiger partial charge is 0.0597 e. The van der Waals surface area contributed by atoms with Gasteiger partial charge in [-0.05, 0) is 26.7 Å².